The summed E-state index contributed by atoms with van der Waals surface area (Å²) < 4.78 is 5.55. The smallest absolute Gasteiger partial charge is 0.407 e. The highest BCUT2D eigenvalue weighted by Crippen LogP contribution is 2.44. The lowest BCUT2D eigenvalue weighted by molar-refractivity contribution is -0.157. The molecule has 0 aromatic heterocycles. The van der Waals surface area contributed by atoms with Gasteiger partial charge in [-0.15, -0.1) is 0 Å². The average Bonchev–Trinajstić information content (AvgIpc) is 3.42. The van der Waals surface area contributed by atoms with Gasteiger partial charge < -0.3 is 20.1 Å². The number of rotatable bonds is 8. The molecule has 2 aromatic carbocycles. The topological polar surface area (TPSA) is 95.9 Å². The van der Waals surface area contributed by atoms with Crippen LogP contribution in [0.15, 0.2) is 48.5 Å². The van der Waals surface area contributed by atoms with Gasteiger partial charge in [-0.2, -0.15) is 0 Å². The largest absolute Gasteiger partial charge is 0.479 e. The number of carbonyl (C=O) groups is 3. The highest BCUT2D eigenvalue weighted by atomic mass is 16.5. The molecule has 2 aromatic rings. The van der Waals surface area contributed by atoms with Crippen LogP contribution in [0.25, 0.3) is 11.1 Å². The minimum Gasteiger partial charge on any atom is -0.479 e. The SMILES string of the molecule is CCC1(C(=O)O)CCCN1C(=O)CC(C)CNC(=O)OCC1c2ccccc2-c2ccccc21. The van der Waals surface area contributed by atoms with Crippen molar-refractivity contribution in [3.63, 3.8) is 0 Å². The third kappa shape index (κ3) is 4.39. The Bertz CT molecular complexity index is 1040. The van der Waals surface area contributed by atoms with E-state index in [0.29, 0.717) is 25.8 Å². The third-order valence-electron chi connectivity index (χ3n) is 7.23. The second-order valence-electron chi connectivity index (χ2n) is 9.35. The normalized spacial score (nSPS) is 19.9. The predicted octanol–water partition coefficient (Wildman–Crippen LogP) is 4.41. The molecular weight excluding hydrogens is 432 g/mol. The molecule has 2 unspecified atom stereocenters. The van der Waals surface area contributed by atoms with E-state index in [1.54, 1.807) is 0 Å². The van der Waals surface area contributed by atoms with E-state index in [1.807, 2.05) is 38.1 Å². The molecular formula is C27H32N2O5. The number of alkyl carbamates (subject to hydrolysis) is 1. The van der Waals surface area contributed by atoms with Gasteiger partial charge in [0.25, 0.3) is 0 Å². The summed E-state index contributed by atoms with van der Waals surface area (Å²) in [6, 6.07) is 16.3. The monoisotopic (exact) mass is 464 g/mol. The summed E-state index contributed by atoms with van der Waals surface area (Å²) in [5.74, 6) is -1.27. The van der Waals surface area contributed by atoms with Gasteiger partial charge in [0, 0.05) is 25.4 Å². The Balaban J connectivity index is 1.29. The highest BCUT2D eigenvalue weighted by molar-refractivity contribution is 5.88. The van der Waals surface area contributed by atoms with Gasteiger partial charge in [0.05, 0.1) is 0 Å². The number of carboxylic acid groups (broad SMARTS) is 1. The summed E-state index contributed by atoms with van der Waals surface area (Å²) in [6.45, 7) is 4.65. The van der Waals surface area contributed by atoms with Crippen LogP contribution in [-0.4, -0.2) is 53.2 Å². The number of fused-ring (bicyclic) bond motifs is 3. The molecule has 1 aliphatic heterocycles. The van der Waals surface area contributed by atoms with E-state index in [1.165, 1.54) is 16.0 Å². The molecule has 2 N–H and O–H groups in total. The molecule has 1 heterocycles. The molecule has 2 atom stereocenters. The van der Waals surface area contributed by atoms with E-state index in [2.05, 4.69) is 29.6 Å². The highest BCUT2D eigenvalue weighted by Gasteiger charge is 2.48. The zero-order valence-electron chi connectivity index (χ0n) is 19.8. The van der Waals surface area contributed by atoms with Gasteiger partial charge in [0.1, 0.15) is 12.1 Å². The fourth-order valence-electron chi connectivity index (χ4n) is 5.37. The van der Waals surface area contributed by atoms with E-state index in [-0.39, 0.29) is 37.3 Å². The summed E-state index contributed by atoms with van der Waals surface area (Å²) >= 11 is 0. The minimum atomic E-state index is -1.10. The molecule has 34 heavy (non-hydrogen) atoms. The molecule has 180 valence electrons. The van der Waals surface area contributed by atoms with Gasteiger partial charge in [-0.3, -0.25) is 4.79 Å². The predicted molar refractivity (Wildman–Crippen MR) is 128 cm³/mol. The number of benzene rings is 2. The van der Waals surface area contributed by atoms with Crippen molar-refractivity contribution in [1.29, 1.82) is 0 Å². The molecule has 0 spiro atoms. The molecule has 0 saturated carbocycles. The minimum absolute atomic E-state index is 0.00879. The number of aliphatic carboxylic acids is 1. The van der Waals surface area contributed by atoms with Gasteiger partial charge >= 0.3 is 12.1 Å². The van der Waals surface area contributed by atoms with Crippen LogP contribution in [0.1, 0.15) is 56.6 Å². The summed E-state index contributed by atoms with van der Waals surface area (Å²) in [5, 5.41) is 12.5. The molecule has 2 aliphatic rings. The van der Waals surface area contributed by atoms with Crippen molar-refractivity contribution >= 4 is 18.0 Å². The van der Waals surface area contributed by atoms with Crippen LogP contribution >= 0.6 is 0 Å². The zero-order valence-corrected chi connectivity index (χ0v) is 19.8. The fourth-order valence-corrected chi connectivity index (χ4v) is 5.37. The van der Waals surface area contributed by atoms with Crippen molar-refractivity contribution in [3.05, 3.63) is 59.7 Å². The summed E-state index contributed by atoms with van der Waals surface area (Å²) in [6.07, 6.45) is 1.23. The first-order chi connectivity index (χ1) is 16.4. The number of hydrogen-bond acceptors (Lipinski definition) is 4. The van der Waals surface area contributed by atoms with Crippen LogP contribution < -0.4 is 5.32 Å². The number of likely N-dealkylation sites (tertiary alicyclic amines) is 1. The van der Waals surface area contributed by atoms with Crippen molar-refractivity contribution in [1.82, 2.24) is 10.2 Å². The van der Waals surface area contributed by atoms with Crippen LogP contribution in [0.2, 0.25) is 0 Å². The maximum atomic E-state index is 12.8. The number of carbonyl (C=O) groups excluding carboxylic acids is 2. The Labute approximate surface area is 200 Å². The molecule has 0 bridgehead atoms. The molecule has 7 heteroatoms. The Morgan fingerprint density at radius 3 is 2.32 bits per heavy atom. The van der Waals surface area contributed by atoms with Crippen LogP contribution in [0, 0.1) is 5.92 Å². The lowest BCUT2D eigenvalue weighted by Gasteiger charge is -2.34. The number of hydrogen-bond donors (Lipinski definition) is 2. The van der Waals surface area contributed by atoms with Crippen LogP contribution in [-0.2, 0) is 14.3 Å². The van der Waals surface area contributed by atoms with Crippen LogP contribution in [0.4, 0.5) is 4.79 Å². The van der Waals surface area contributed by atoms with E-state index in [0.717, 1.165) is 11.1 Å². The standard InChI is InChI=1S/C27H32N2O5/c1-3-27(25(31)32)13-8-14-29(27)24(30)15-18(2)16-28-26(33)34-17-23-21-11-6-4-9-19(21)20-10-5-7-12-22(20)23/h4-7,9-12,18,23H,3,8,13-17H2,1-2H3,(H,28,33)(H,31,32). The lowest BCUT2D eigenvalue weighted by Crippen LogP contribution is -2.53. The van der Waals surface area contributed by atoms with Crippen molar-refractivity contribution in [2.75, 3.05) is 19.7 Å². The maximum absolute atomic E-state index is 12.8. The first kappa shape index (κ1) is 23.8. The van der Waals surface area contributed by atoms with Crippen LogP contribution in [0.3, 0.4) is 0 Å². The van der Waals surface area contributed by atoms with Crippen molar-refractivity contribution in [2.24, 2.45) is 5.92 Å². The third-order valence-corrected chi connectivity index (χ3v) is 7.23. The van der Waals surface area contributed by atoms with E-state index in [4.69, 9.17) is 4.74 Å². The Morgan fingerprint density at radius 1 is 1.12 bits per heavy atom. The van der Waals surface area contributed by atoms with Gasteiger partial charge in [0.15, 0.2) is 0 Å². The molecule has 0 radical (unpaired) electrons. The average molecular weight is 465 g/mol. The molecule has 1 fully saturated rings. The van der Waals surface area contributed by atoms with Crippen LogP contribution in [0.5, 0.6) is 0 Å². The lowest BCUT2D eigenvalue weighted by atomic mass is 9.92. The van der Waals surface area contributed by atoms with E-state index < -0.39 is 17.6 Å². The molecule has 1 aliphatic carbocycles. The van der Waals surface area contributed by atoms with E-state index in [9.17, 15) is 19.5 Å². The number of amides is 2. The number of carboxylic acids is 1. The summed E-state index contributed by atoms with van der Waals surface area (Å²) in [5.41, 5.74) is 3.55. The maximum Gasteiger partial charge on any atom is 0.407 e. The number of nitrogens with zero attached hydrogens (tertiary/aromatic N) is 1. The number of ether oxygens (including phenoxy) is 1. The quantitative estimate of drug-likeness (QED) is 0.603. The van der Waals surface area contributed by atoms with Gasteiger partial charge in [-0.05, 0) is 47.4 Å². The summed E-state index contributed by atoms with van der Waals surface area (Å²) in [7, 11) is 0. The molecule has 2 amide bonds. The fraction of sp³-hybridized carbons (Fsp3) is 0.444. The Morgan fingerprint density at radius 2 is 1.74 bits per heavy atom. The second kappa shape index (κ2) is 9.87. The van der Waals surface area contributed by atoms with Gasteiger partial charge in [0.2, 0.25) is 5.91 Å². The Kier molecular flexibility index (Phi) is 6.91. The van der Waals surface area contributed by atoms with E-state index >= 15 is 0 Å². The van der Waals surface area contributed by atoms with Crippen molar-refractivity contribution in [2.45, 2.75) is 51.0 Å². The molecule has 1 saturated heterocycles. The first-order valence-corrected chi connectivity index (χ1v) is 12.0. The molecule has 7 nitrogen and oxygen atoms in total. The van der Waals surface area contributed by atoms with Gasteiger partial charge in [-0.25, -0.2) is 9.59 Å². The molecule has 4 rings (SSSR count). The van der Waals surface area contributed by atoms with Crippen molar-refractivity contribution in [3.8, 4) is 11.1 Å². The first-order valence-electron chi connectivity index (χ1n) is 12.0. The second-order valence-corrected chi connectivity index (χ2v) is 9.35. The number of nitrogens with one attached hydrogen (secondary N) is 1. The Hall–Kier alpha value is -3.35. The van der Waals surface area contributed by atoms with Crippen molar-refractivity contribution < 1.29 is 24.2 Å². The van der Waals surface area contributed by atoms with Gasteiger partial charge in [-0.1, -0.05) is 62.4 Å². The zero-order chi connectivity index (χ0) is 24.3. The summed E-state index contributed by atoms with van der Waals surface area (Å²) in [4.78, 5) is 38.6.